The normalized spacial score (nSPS) is 9.95. The van der Waals surface area contributed by atoms with E-state index in [2.05, 4.69) is 10.3 Å². The van der Waals surface area contributed by atoms with Crippen molar-refractivity contribution in [1.29, 1.82) is 0 Å². The number of amides is 1. The number of rotatable bonds is 4. The Morgan fingerprint density at radius 1 is 1.29 bits per heavy atom. The van der Waals surface area contributed by atoms with Crippen LogP contribution in [0.25, 0.3) is 0 Å². The van der Waals surface area contributed by atoms with Crippen molar-refractivity contribution in [2.75, 3.05) is 5.32 Å². The molecular weight excluding hydrogens is 272 g/mol. The summed E-state index contributed by atoms with van der Waals surface area (Å²) in [5.41, 5.74) is 1.68. The highest BCUT2D eigenvalue weighted by Gasteiger charge is 2.10. The first-order valence-corrected chi connectivity index (χ1v) is 6.24. The van der Waals surface area contributed by atoms with E-state index in [0.29, 0.717) is 11.3 Å². The van der Waals surface area contributed by atoms with Crippen LogP contribution in [0.15, 0.2) is 42.6 Å². The summed E-state index contributed by atoms with van der Waals surface area (Å²) >= 11 is 0. The molecule has 0 aliphatic heterocycles. The molecule has 1 amide bonds. The van der Waals surface area contributed by atoms with Crippen molar-refractivity contribution in [1.82, 2.24) is 4.98 Å². The number of benzene rings is 1. The number of hydrogen-bond acceptors (Lipinski definition) is 4. The number of carbonyl (C=O) groups excluding carboxylic acids is 1. The predicted molar refractivity (Wildman–Crippen MR) is 76.2 cm³/mol. The number of hydrogen-bond donors (Lipinski definition) is 2. The summed E-state index contributed by atoms with van der Waals surface area (Å²) in [4.78, 5) is 26.3. The molecule has 1 aromatic heterocycles. The fourth-order valence-corrected chi connectivity index (χ4v) is 1.74. The van der Waals surface area contributed by atoms with Crippen LogP contribution in [0, 0.1) is 6.92 Å². The molecule has 0 radical (unpaired) electrons. The van der Waals surface area contributed by atoms with Crippen molar-refractivity contribution < 1.29 is 19.4 Å². The summed E-state index contributed by atoms with van der Waals surface area (Å²) in [6, 6.07) is 10.8. The molecule has 2 aromatic rings. The Morgan fingerprint density at radius 3 is 2.62 bits per heavy atom. The largest absolute Gasteiger partial charge is 0.477 e. The average molecular weight is 286 g/mol. The number of ether oxygens (including phenoxy) is 1. The van der Waals surface area contributed by atoms with Gasteiger partial charge in [-0.15, -0.1) is 0 Å². The standard InChI is InChI=1S/C15H14N2O4/c1-10-7-12(8-16-13(10)14(18)19)17-15(20)21-9-11-5-3-2-4-6-11/h2-8H,9H2,1H3,(H,17,20)(H,18,19). The minimum Gasteiger partial charge on any atom is -0.477 e. The monoisotopic (exact) mass is 286 g/mol. The lowest BCUT2D eigenvalue weighted by molar-refractivity contribution is 0.0689. The van der Waals surface area contributed by atoms with Crippen LogP contribution in [0.5, 0.6) is 0 Å². The molecule has 0 fully saturated rings. The molecule has 108 valence electrons. The number of aryl methyl sites for hydroxylation is 1. The van der Waals surface area contributed by atoms with Crippen molar-refractivity contribution in [3.8, 4) is 0 Å². The van der Waals surface area contributed by atoms with E-state index in [1.807, 2.05) is 30.3 Å². The Morgan fingerprint density at radius 2 is 2.00 bits per heavy atom. The maximum atomic E-state index is 11.6. The van der Waals surface area contributed by atoms with Gasteiger partial charge in [-0.05, 0) is 24.1 Å². The first-order valence-electron chi connectivity index (χ1n) is 6.24. The van der Waals surface area contributed by atoms with Crippen molar-refractivity contribution >= 4 is 17.7 Å². The van der Waals surface area contributed by atoms with Gasteiger partial charge in [-0.1, -0.05) is 30.3 Å². The van der Waals surface area contributed by atoms with Gasteiger partial charge in [-0.3, -0.25) is 5.32 Å². The van der Waals surface area contributed by atoms with E-state index in [0.717, 1.165) is 5.56 Å². The van der Waals surface area contributed by atoms with E-state index in [4.69, 9.17) is 9.84 Å². The summed E-state index contributed by atoms with van der Waals surface area (Å²) in [6.07, 6.45) is 0.656. The predicted octanol–water partition coefficient (Wildman–Crippen LogP) is 2.84. The number of aromatic nitrogens is 1. The van der Waals surface area contributed by atoms with Crippen LogP contribution in [-0.2, 0) is 11.3 Å². The molecule has 1 heterocycles. The third-order valence-corrected chi connectivity index (χ3v) is 2.74. The smallest absolute Gasteiger partial charge is 0.412 e. The van der Waals surface area contributed by atoms with Crippen molar-refractivity contribution in [2.24, 2.45) is 0 Å². The summed E-state index contributed by atoms with van der Waals surface area (Å²) in [7, 11) is 0. The third-order valence-electron chi connectivity index (χ3n) is 2.74. The van der Waals surface area contributed by atoms with Gasteiger partial charge in [0.1, 0.15) is 6.61 Å². The number of pyridine rings is 1. The van der Waals surface area contributed by atoms with Gasteiger partial charge < -0.3 is 9.84 Å². The van der Waals surface area contributed by atoms with E-state index >= 15 is 0 Å². The molecule has 0 aliphatic rings. The van der Waals surface area contributed by atoms with Crippen molar-refractivity contribution in [2.45, 2.75) is 13.5 Å². The van der Waals surface area contributed by atoms with Gasteiger partial charge in [0, 0.05) is 0 Å². The van der Waals surface area contributed by atoms with Gasteiger partial charge >= 0.3 is 12.1 Å². The van der Waals surface area contributed by atoms with Crippen LogP contribution in [0.3, 0.4) is 0 Å². The average Bonchev–Trinajstić information content (AvgIpc) is 2.46. The summed E-state index contributed by atoms with van der Waals surface area (Å²) in [6.45, 7) is 1.77. The highest BCUT2D eigenvalue weighted by Crippen LogP contribution is 2.12. The van der Waals surface area contributed by atoms with E-state index in [-0.39, 0.29) is 12.3 Å². The zero-order valence-electron chi connectivity index (χ0n) is 11.4. The second-order valence-corrected chi connectivity index (χ2v) is 4.38. The maximum absolute atomic E-state index is 11.6. The minimum atomic E-state index is -1.11. The van der Waals surface area contributed by atoms with Crippen LogP contribution in [0.2, 0.25) is 0 Å². The summed E-state index contributed by atoms with van der Waals surface area (Å²) in [5.74, 6) is -1.11. The molecule has 2 rings (SSSR count). The minimum absolute atomic E-state index is 0.0433. The topological polar surface area (TPSA) is 88.5 Å². The van der Waals surface area contributed by atoms with Gasteiger partial charge in [-0.2, -0.15) is 0 Å². The Hall–Kier alpha value is -2.89. The number of anilines is 1. The second kappa shape index (κ2) is 6.51. The molecule has 6 heteroatoms. The Kier molecular flexibility index (Phi) is 4.50. The highest BCUT2D eigenvalue weighted by atomic mass is 16.5. The molecular formula is C15H14N2O4. The van der Waals surface area contributed by atoms with Crippen LogP contribution >= 0.6 is 0 Å². The molecule has 0 unspecified atom stereocenters. The molecule has 21 heavy (non-hydrogen) atoms. The van der Waals surface area contributed by atoms with E-state index in [1.54, 1.807) is 6.92 Å². The molecule has 0 spiro atoms. The quantitative estimate of drug-likeness (QED) is 0.902. The molecule has 0 aliphatic carbocycles. The number of carboxylic acid groups (broad SMARTS) is 1. The summed E-state index contributed by atoms with van der Waals surface area (Å²) in [5, 5.41) is 11.4. The molecule has 0 atom stereocenters. The molecule has 1 aromatic carbocycles. The highest BCUT2D eigenvalue weighted by molar-refractivity contribution is 5.89. The fourth-order valence-electron chi connectivity index (χ4n) is 1.74. The lowest BCUT2D eigenvalue weighted by Gasteiger charge is -2.08. The van der Waals surface area contributed by atoms with E-state index in [9.17, 15) is 9.59 Å². The number of nitrogens with zero attached hydrogens (tertiary/aromatic N) is 1. The summed E-state index contributed by atoms with van der Waals surface area (Å²) < 4.78 is 5.06. The number of carbonyl (C=O) groups is 2. The Bertz CT molecular complexity index is 656. The van der Waals surface area contributed by atoms with Crippen LogP contribution in [-0.4, -0.2) is 22.2 Å². The Balaban J connectivity index is 1.94. The SMILES string of the molecule is Cc1cc(NC(=O)OCc2ccccc2)cnc1C(=O)O. The number of aromatic carboxylic acids is 1. The molecule has 0 saturated carbocycles. The lowest BCUT2D eigenvalue weighted by Crippen LogP contribution is -2.14. The zero-order valence-corrected chi connectivity index (χ0v) is 11.4. The molecule has 0 saturated heterocycles. The molecule has 0 bridgehead atoms. The lowest BCUT2D eigenvalue weighted by atomic mass is 10.2. The van der Waals surface area contributed by atoms with Crippen LogP contribution < -0.4 is 5.32 Å². The van der Waals surface area contributed by atoms with Gasteiger partial charge in [-0.25, -0.2) is 14.6 Å². The zero-order chi connectivity index (χ0) is 15.2. The number of carboxylic acids is 1. The molecule has 6 nitrogen and oxygen atoms in total. The van der Waals surface area contributed by atoms with Gasteiger partial charge in [0.15, 0.2) is 5.69 Å². The van der Waals surface area contributed by atoms with Gasteiger partial charge in [0.05, 0.1) is 11.9 Å². The van der Waals surface area contributed by atoms with Crippen molar-refractivity contribution in [3.05, 3.63) is 59.4 Å². The van der Waals surface area contributed by atoms with Crippen LogP contribution in [0.1, 0.15) is 21.6 Å². The van der Waals surface area contributed by atoms with E-state index in [1.165, 1.54) is 12.3 Å². The molecule has 2 N–H and O–H groups in total. The Labute approximate surface area is 121 Å². The first kappa shape index (κ1) is 14.5. The maximum Gasteiger partial charge on any atom is 0.412 e. The first-order chi connectivity index (χ1) is 10.1. The third kappa shape index (κ3) is 4.04. The van der Waals surface area contributed by atoms with Crippen molar-refractivity contribution in [3.63, 3.8) is 0 Å². The van der Waals surface area contributed by atoms with Crippen LogP contribution in [0.4, 0.5) is 10.5 Å². The van der Waals surface area contributed by atoms with E-state index < -0.39 is 12.1 Å². The van der Waals surface area contributed by atoms with Gasteiger partial charge in [0.2, 0.25) is 0 Å². The number of nitrogens with one attached hydrogen (secondary N) is 1. The fraction of sp³-hybridized carbons (Fsp3) is 0.133. The van der Waals surface area contributed by atoms with Gasteiger partial charge in [0.25, 0.3) is 0 Å². The second-order valence-electron chi connectivity index (χ2n) is 4.38.